The van der Waals surface area contributed by atoms with Crippen molar-refractivity contribution in [3.05, 3.63) is 17.0 Å². The third-order valence-electron chi connectivity index (χ3n) is 2.04. The van der Waals surface area contributed by atoms with Gasteiger partial charge in [-0.3, -0.25) is 0 Å². The summed E-state index contributed by atoms with van der Waals surface area (Å²) in [5.41, 5.74) is 0. The van der Waals surface area contributed by atoms with Gasteiger partial charge in [0.15, 0.2) is 0 Å². The van der Waals surface area contributed by atoms with Crippen molar-refractivity contribution < 1.29 is 17.6 Å². The summed E-state index contributed by atoms with van der Waals surface area (Å²) in [4.78, 5) is 7.78. The Morgan fingerprint density at radius 2 is 2.06 bits per heavy atom. The zero-order valence-electron chi connectivity index (χ0n) is 9.56. The first-order valence-corrected chi connectivity index (χ1v) is 5.66. The molecule has 0 spiro atoms. The number of hydrogen-bond acceptors (Lipinski definition) is 3. The molecule has 1 rings (SSSR count). The maximum atomic E-state index is 12.7. The number of rotatable bonds is 6. The van der Waals surface area contributed by atoms with Crippen LogP contribution in [-0.4, -0.2) is 28.9 Å². The lowest BCUT2D eigenvalue weighted by atomic mass is 10.3. The number of nitrogens with one attached hydrogen (secondary N) is 1. The predicted molar refractivity (Wildman–Crippen MR) is 60.5 cm³/mol. The normalized spacial score (nSPS) is 11.9. The largest absolute Gasteiger partial charge is 0.364 e. The second-order valence-electron chi connectivity index (χ2n) is 3.66. The van der Waals surface area contributed by atoms with Crippen LogP contribution in [0.25, 0.3) is 0 Å². The summed E-state index contributed by atoms with van der Waals surface area (Å²) in [6.45, 7) is 0.686. The zero-order chi connectivity index (χ0) is 13.8. The lowest BCUT2D eigenvalue weighted by molar-refractivity contribution is -0.117. The van der Waals surface area contributed by atoms with Gasteiger partial charge in [0.2, 0.25) is 0 Å². The van der Waals surface area contributed by atoms with E-state index in [1.54, 1.807) is 0 Å². The van der Waals surface area contributed by atoms with Crippen molar-refractivity contribution in [3.63, 3.8) is 0 Å². The second kappa shape index (κ2) is 6.17. The van der Waals surface area contributed by atoms with E-state index in [0.717, 1.165) is 6.42 Å². The molecule has 0 aromatic carbocycles. The molecule has 0 aliphatic carbocycles. The topological polar surface area (TPSA) is 37.8 Å². The molecular weight excluding hydrogens is 274 g/mol. The standard InChI is InChI=1S/C10H12ClF4N3/c1-2-3-7-17-6(11)4-8(18-7)16-5-10(14,15)9(12)13/h4,9H,2-3,5H2,1H3,(H,16,17,18). The van der Waals surface area contributed by atoms with Crippen LogP contribution in [0.3, 0.4) is 0 Å². The first-order chi connectivity index (χ1) is 8.35. The fourth-order valence-electron chi connectivity index (χ4n) is 1.18. The van der Waals surface area contributed by atoms with E-state index >= 15 is 0 Å². The van der Waals surface area contributed by atoms with Gasteiger partial charge in [0.25, 0.3) is 0 Å². The van der Waals surface area contributed by atoms with Crippen molar-refractivity contribution in [2.45, 2.75) is 32.1 Å². The molecule has 1 aromatic heterocycles. The third kappa shape index (κ3) is 4.29. The molecule has 0 aliphatic rings. The van der Waals surface area contributed by atoms with E-state index in [2.05, 4.69) is 15.3 Å². The van der Waals surface area contributed by atoms with Crippen molar-refractivity contribution in [3.8, 4) is 0 Å². The van der Waals surface area contributed by atoms with Gasteiger partial charge in [-0.15, -0.1) is 0 Å². The van der Waals surface area contributed by atoms with E-state index in [1.807, 2.05) is 6.92 Å². The van der Waals surface area contributed by atoms with Crippen molar-refractivity contribution in [1.82, 2.24) is 9.97 Å². The number of anilines is 1. The number of hydrogen-bond donors (Lipinski definition) is 1. The van der Waals surface area contributed by atoms with Crippen LogP contribution < -0.4 is 5.32 Å². The Bertz CT molecular complexity index is 401. The van der Waals surface area contributed by atoms with E-state index in [4.69, 9.17) is 11.6 Å². The minimum Gasteiger partial charge on any atom is -0.364 e. The Kier molecular flexibility index (Phi) is 5.13. The molecule has 0 saturated heterocycles. The smallest absolute Gasteiger partial charge is 0.324 e. The van der Waals surface area contributed by atoms with Gasteiger partial charge in [-0.25, -0.2) is 18.7 Å². The molecule has 0 fully saturated rings. The number of nitrogens with zero attached hydrogens (tertiary/aromatic N) is 2. The van der Waals surface area contributed by atoms with Crippen LogP contribution in [0, 0.1) is 0 Å². The Morgan fingerprint density at radius 3 is 2.61 bits per heavy atom. The molecule has 1 aromatic rings. The third-order valence-corrected chi connectivity index (χ3v) is 2.23. The maximum Gasteiger partial charge on any atom is 0.324 e. The summed E-state index contributed by atoms with van der Waals surface area (Å²) in [5.74, 6) is -3.71. The SMILES string of the molecule is CCCc1nc(Cl)cc(NCC(F)(F)C(F)F)n1. The highest BCUT2D eigenvalue weighted by Gasteiger charge is 2.40. The maximum absolute atomic E-state index is 12.7. The average Bonchev–Trinajstić information content (AvgIpc) is 2.26. The first-order valence-electron chi connectivity index (χ1n) is 5.28. The molecule has 0 aliphatic heterocycles. The van der Waals surface area contributed by atoms with Gasteiger partial charge in [-0.1, -0.05) is 18.5 Å². The lowest BCUT2D eigenvalue weighted by Gasteiger charge is -2.16. The molecule has 102 valence electrons. The van der Waals surface area contributed by atoms with Gasteiger partial charge < -0.3 is 5.32 Å². The van der Waals surface area contributed by atoms with E-state index in [9.17, 15) is 17.6 Å². The molecule has 0 amide bonds. The fourth-order valence-corrected chi connectivity index (χ4v) is 1.38. The van der Waals surface area contributed by atoms with Crippen molar-refractivity contribution in [1.29, 1.82) is 0 Å². The molecule has 0 unspecified atom stereocenters. The predicted octanol–water partition coefficient (Wildman–Crippen LogP) is 3.39. The summed E-state index contributed by atoms with van der Waals surface area (Å²) >= 11 is 5.67. The van der Waals surface area contributed by atoms with E-state index in [-0.39, 0.29) is 11.0 Å². The van der Waals surface area contributed by atoms with Crippen LogP contribution in [0.5, 0.6) is 0 Å². The van der Waals surface area contributed by atoms with E-state index in [1.165, 1.54) is 6.07 Å². The molecule has 8 heteroatoms. The summed E-state index contributed by atoms with van der Waals surface area (Å²) in [6.07, 6.45) is -2.44. The molecule has 3 nitrogen and oxygen atoms in total. The fraction of sp³-hybridized carbons (Fsp3) is 0.600. The first kappa shape index (κ1) is 14.9. The summed E-state index contributed by atoms with van der Waals surface area (Å²) in [6, 6.07) is 1.21. The molecule has 1 N–H and O–H groups in total. The molecular formula is C10H12ClF4N3. The second-order valence-corrected chi connectivity index (χ2v) is 4.04. The van der Waals surface area contributed by atoms with Crippen LogP contribution in [0.2, 0.25) is 5.15 Å². The Hall–Kier alpha value is -1.11. The highest BCUT2D eigenvalue weighted by Crippen LogP contribution is 2.23. The Balaban J connectivity index is 2.73. The molecule has 0 atom stereocenters. The van der Waals surface area contributed by atoms with Crippen LogP contribution >= 0.6 is 11.6 Å². The van der Waals surface area contributed by atoms with Crippen LogP contribution in [0.15, 0.2) is 6.07 Å². The molecule has 18 heavy (non-hydrogen) atoms. The van der Waals surface area contributed by atoms with Crippen molar-refractivity contribution in [2.24, 2.45) is 0 Å². The highest BCUT2D eigenvalue weighted by molar-refractivity contribution is 6.29. The Labute approximate surface area is 107 Å². The quantitative estimate of drug-likeness (QED) is 0.643. The minimum absolute atomic E-state index is 0.0128. The lowest BCUT2D eigenvalue weighted by Crippen LogP contribution is -2.35. The minimum atomic E-state index is -4.11. The van der Waals surface area contributed by atoms with Crippen molar-refractivity contribution in [2.75, 3.05) is 11.9 Å². The van der Waals surface area contributed by atoms with Gasteiger partial charge in [0, 0.05) is 12.5 Å². The van der Waals surface area contributed by atoms with Gasteiger partial charge in [-0.05, 0) is 6.42 Å². The van der Waals surface area contributed by atoms with E-state index in [0.29, 0.717) is 12.2 Å². The molecule has 0 bridgehead atoms. The molecule has 0 saturated carbocycles. The Morgan fingerprint density at radius 1 is 1.39 bits per heavy atom. The summed E-state index contributed by atoms with van der Waals surface area (Å²) in [5, 5.41) is 2.22. The number of aromatic nitrogens is 2. The van der Waals surface area contributed by atoms with Crippen LogP contribution in [-0.2, 0) is 6.42 Å². The van der Waals surface area contributed by atoms with Gasteiger partial charge in [0.05, 0.1) is 6.54 Å². The number of halogens is 5. The van der Waals surface area contributed by atoms with E-state index < -0.39 is 18.9 Å². The van der Waals surface area contributed by atoms with Crippen LogP contribution in [0.4, 0.5) is 23.4 Å². The summed E-state index contributed by atoms with van der Waals surface area (Å²) in [7, 11) is 0. The van der Waals surface area contributed by atoms with Gasteiger partial charge in [-0.2, -0.15) is 8.78 Å². The summed E-state index contributed by atoms with van der Waals surface area (Å²) < 4.78 is 49.3. The van der Waals surface area contributed by atoms with Gasteiger partial charge >= 0.3 is 12.3 Å². The van der Waals surface area contributed by atoms with Crippen molar-refractivity contribution >= 4 is 17.4 Å². The average molecular weight is 286 g/mol. The van der Waals surface area contributed by atoms with Gasteiger partial charge in [0.1, 0.15) is 16.8 Å². The number of alkyl halides is 4. The zero-order valence-corrected chi connectivity index (χ0v) is 10.3. The van der Waals surface area contributed by atoms with Crippen LogP contribution in [0.1, 0.15) is 19.2 Å². The molecule has 0 radical (unpaired) electrons. The highest BCUT2D eigenvalue weighted by atomic mass is 35.5. The molecule has 1 heterocycles. The number of aryl methyl sites for hydroxylation is 1. The monoisotopic (exact) mass is 285 g/mol.